The molecule has 3 rings (SSSR count). The van der Waals surface area contributed by atoms with E-state index in [1.807, 2.05) is 31.7 Å². The highest BCUT2D eigenvalue weighted by molar-refractivity contribution is 5.93. The molecule has 1 atom stereocenters. The molecule has 0 spiro atoms. The predicted molar refractivity (Wildman–Crippen MR) is 98.5 cm³/mol. The van der Waals surface area contributed by atoms with E-state index < -0.39 is 5.67 Å². The first kappa shape index (κ1) is 18.5. The van der Waals surface area contributed by atoms with Crippen LogP contribution in [0.25, 0.3) is 0 Å². The van der Waals surface area contributed by atoms with Gasteiger partial charge in [0.2, 0.25) is 5.91 Å². The topological polar surface area (TPSA) is 63.1 Å². The number of likely N-dealkylation sites (tertiary alicyclic amines) is 1. The third kappa shape index (κ3) is 3.77. The number of piperidine rings is 1. The minimum Gasteiger partial charge on any atom is -0.310 e. The molecule has 1 aliphatic heterocycles. The number of nitrogens with one attached hydrogen (secondary N) is 1. The third-order valence-corrected chi connectivity index (χ3v) is 5.05. The van der Waals surface area contributed by atoms with Crippen molar-refractivity contribution < 1.29 is 9.18 Å². The fourth-order valence-electron chi connectivity index (χ4n) is 3.37. The SMILES string of the molecule is CC(C)n1nccc1NC(=O)[C@@H](C)N1CCC(F)(c2ccccn2)CC1. The highest BCUT2D eigenvalue weighted by Crippen LogP contribution is 2.36. The lowest BCUT2D eigenvalue weighted by Gasteiger charge is -2.38. The van der Waals surface area contributed by atoms with Crippen molar-refractivity contribution in [2.45, 2.75) is 51.4 Å². The molecule has 26 heavy (non-hydrogen) atoms. The van der Waals surface area contributed by atoms with Crippen LogP contribution in [0.3, 0.4) is 0 Å². The Morgan fingerprint density at radius 3 is 2.54 bits per heavy atom. The molecule has 3 heterocycles. The van der Waals surface area contributed by atoms with E-state index in [0.717, 1.165) is 0 Å². The summed E-state index contributed by atoms with van der Waals surface area (Å²) in [6.07, 6.45) is 3.97. The van der Waals surface area contributed by atoms with E-state index in [-0.39, 0.29) is 18.0 Å². The summed E-state index contributed by atoms with van der Waals surface area (Å²) >= 11 is 0. The predicted octanol–water partition coefficient (Wildman–Crippen LogP) is 3.15. The third-order valence-electron chi connectivity index (χ3n) is 5.05. The number of rotatable bonds is 5. The monoisotopic (exact) mass is 359 g/mol. The molecule has 1 aliphatic rings. The van der Waals surface area contributed by atoms with Crippen LogP contribution in [0.5, 0.6) is 0 Å². The van der Waals surface area contributed by atoms with Gasteiger partial charge in [-0.2, -0.15) is 5.10 Å². The molecular formula is C19H26FN5O. The Bertz CT molecular complexity index is 737. The lowest BCUT2D eigenvalue weighted by molar-refractivity contribution is -0.122. The molecule has 0 radical (unpaired) electrons. The fraction of sp³-hybridized carbons (Fsp3) is 0.526. The minimum absolute atomic E-state index is 0.100. The van der Waals surface area contributed by atoms with Gasteiger partial charge >= 0.3 is 0 Å². The van der Waals surface area contributed by atoms with Crippen molar-refractivity contribution in [2.75, 3.05) is 18.4 Å². The van der Waals surface area contributed by atoms with Crippen LogP contribution in [-0.4, -0.2) is 44.7 Å². The number of halogens is 1. The van der Waals surface area contributed by atoms with Crippen LogP contribution >= 0.6 is 0 Å². The molecule has 2 aromatic rings. The summed E-state index contributed by atoms with van der Waals surface area (Å²) < 4.78 is 17.0. The van der Waals surface area contributed by atoms with Crippen molar-refractivity contribution in [1.29, 1.82) is 0 Å². The summed E-state index contributed by atoms with van der Waals surface area (Å²) in [4.78, 5) is 18.8. The second-order valence-electron chi connectivity index (χ2n) is 7.14. The van der Waals surface area contributed by atoms with Crippen molar-refractivity contribution in [3.05, 3.63) is 42.4 Å². The standard InChI is InChI=1S/C19H26FN5O/c1-14(2)25-17(7-11-22-25)23-18(26)15(3)24-12-8-19(20,9-13-24)16-6-4-5-10-21-16/h4-7,10-11,14-15H,8-9,12-13H2,1-3H3,(H,23,26)/t15-/m1/s1. The number of amides is 1. The van der Waals surface area contributed by atoms with Gasteiger partial charge in [-0.1, -0.05) is 6.07 Å². The molecule has 0 aliphatic carbocycles. The van der Waals surface area contributed by atoms with Gasteiger partial charge in [-0.05, 0) is 45.7 Å². The van der Waals surface area contributed by atoms with Gasteiger partial charge in [-0.25, -0.2) is 9.07 Å². The summed E-state index contributed by atoms with van der Waals surface area (Å²) in [6.45, 7) is 6.91. The zero-order valence-electron chi connectivity index (χ0n) is 15.5. The van der Waals surface area contributed by atoms with Gasteiger partial charge in [0, 0.05) is 31.4 Å². The van der Waals surface area contributed by atoms with E-state index in [2.05, 4.69) is 15.4 Å². The van der Waals surface area contributed by atoms with Crippen LogP contribution in [0.4, 0.5) is 10.2 Å². The largest absolute Gasteiger partial charge is 0.310 e. The molecule has 0 saturated carbocycles. The summed E-state index contributed by atoms with van der Waals surface area (Å²) in [5.41, 5.74) is -0.929. The van der Waals surface area contributed by atoms with Crippen LogP contribution in [0.15, 0.2) is 36.7 Å². The Morgan fingerprint density at radius 2 is 1.92 bits per heavy atom. The lowest BCUT2D eigenvalue weighted by Crippen LogP contribution is -2.49. The van der Waals surface area contributed by atoms with Gasteiger partial charge in [-0.15, -0.1) is 0 Å². The van der Waals surface area contributed by atoms with Crippen molar-refractivity contribution in [1.82, 2.24) is 19.7 Å². The first-order valence-electron chi connectivity index (χ1n) is 9.09. The zero-order valence-corrected chi connectivity index (χ0v) is 15.5. The number of carbonyl (C=O) groups excluding carboxylic acids is 1. The Morgan fingerprint density at radius 1 is 1.19 bits per heavy atom. The molecule has 1 fully saturated rings. The van der Waals surface area contributed by atoms with Crippen LogP contribution in [-0.2, 0) is 10.5 Å². The number of hydrogen-bond donors (Lipinski definition) is 1. The average molecular weight is 359 g/mol. The molecular weight excluding hydrogens is 333 g/mol. The van der Waals surface area contributed by atoms with Crippen molar-refractivity contribution in [3.63, 3.8) is 0 Å². The number of hydrogen-bond acceptors (Lipinski definition) is 4. The highest BCUT2D eigenvalue weighted by atomic mass is 19.1. The smallest absolute Gasteiger partial charge is 0.242 e. The Labute approximate surface area is 153 Å². The van der Waals surface area contributed by atoms with Gasteiger partial charge in [0.05, 0.1) is 17.9 Å². The van der Waals surface area contributed by atoms with E-state index in [1.165, 1.54) is 0 Å². The van der Waals surface area contributed by atoms with E-state index in [9.17, 15) is 4.79 Å². The number of pyridine rings is 1. The average Bonchev–Trinajstić information content (AvgIpc) is 3.11. The second-order valence-corrected chi connectivity index (χ2v) is 7.14. The quantitative estimate of drug-likeness (QED) is 0.891. The van der Waals surface area contributed by atoms with Crippen LogP contribution < -0.4 is 5.32 Å². The number of aromatic nitrogens is 3. The number of nitrogens with zero attached hydrogens (tertiary/aromatic N) is 4. The molecule has 0 aromatic carbocycles. The summed E-state index contributed by atoms with van der Waals surface area (Å²) in [5, 5.41) is 7.16. The second kappa shape index (κ2) is 7.53. The normalized spacial score (nSPS) is 18.7. The maximum absolute atomic E-state index is 15.2. The van der Waals surface area contributed by atoms with Crippen LogP contribution in [0.2, 0.25) is 0 Å². The van der Waals surface area contributed by atoms with Crippen molar-refractivity contribution >= 4 is 11.7 Å². The molecule has 0 unspecified atom stereocenters. The first-order chi connectivity index (χ1) is 12.4. The maximum Gasteiger partial charge on any atom is 0.242 e. The first-order valence-corrected chi connectivity index (χ1v) is 9.09. The fourth-order valence-corrected chi connectivity index (χ4v) is 3.37. The highest BCUT2D eigenvalue weighted by Gasteiger charge is 2.39. The molecule has 0 bridgehead atoms. The molecule has 1 amide bonds. The van der Waals surface area contributed by atoms with Crippen LogP contribution in [0.1, 0.15) is 45.3 Å². The zero-order chi connectivity index (χ0) is 18.7. The summed E-state index contributed by atoms with van der Waals surface area (Å²) in [6, 6.07) is 6.95. The maximum atomic E-state index is 15.2. The summed E-state index contributed by atoms with van der Waals surface area (Å²) in [5.74, 6) is 0.582. The van der Waals surface area contributed by atoms with Gasteiger partial charge in [0.15, 0.2) is 5.67 Å². The van der Waals surface area contributed by atoms with E-state index in [1.54, 1.807) is 35.3 Å². The number of alkyl halides is 1. The Kier molecular flexibility index (Phi) is 5.36. The molecule has 6 nitrogen and oxygen atoms in total. The number of anilines is 1. The van der Waals surface area contributed by atoms with Gasteiger partial charge in [-0.3, -0.25) is 14.7 Å². The summed E-state index contributed by atoms with van der Waals surface area (Å²) in [7, 11) is 0. The molecule has 1 saturated heterocycles. The molecule has 7 heteroatoms. The van der Waals surface area contributed by atoms with Gasteiger partial charge < -0.3 is 5.32 Å². The van der Waals surface area contributed by atoms with E-state index in [4.69, 9.17) is 0 Å². The number of carbonyl (C=O) groups is 1. The Balaban J connectivity index is 1.60. The lowest BCUT2D eigenvalue weighted by atomic mass is 9.89. The molecule has 2 aromatic heterocycles. The van der Waals surface area contributed by atoms with E-state index in [0.29, 0.717) is 37.4 Å². The van der Waals surface area contributed by atoms with Gasteiger partial charge in [0.1, 0.15) is 5.82 Å². The van der Waals surface area contributed by atoms with Crippen molar-refractivity contribution in [2.24, 2.45) is 0 Å². The van der Waals surface area contributed by atoms with Crippen molar-refractivity contribution in [3.8, 4) is 0 Å². The van der Waals surface area contributed by atoms with Gasteiger partial charge in [0.25, 0.3) is 0 Å². The van der Waals surface area contributed by atoms with E-state index >= 15 is 4.39 Å². The minimum atomic E-state index is -1.41. The van der Waals surface area contributed by atoms with Crippen LogP contribution in [0, 0.1) is 0 Å². The molecule has 1 N–H and O–H groups in total. The Hall–Kier alpha value is -2.28. The molecule has 140 valence electrons.